The average Bonchev–Trinajstić information content (AvgIpc) is 3.35. The molecule has 1 spiro atoms. The van der Waals surface area contributed by atoms with E-state index in [9.17, 15) is 14.4 Å². The summed E-state index contributed by atoms with van der Waals surface area (Å²) in [5, 5.41) is 6.07. The van der Waals surface area contributed by atoms with Gasteiger partial charge in [-0.3, -0.25) is 19.4 Å². The molecule has 0 unspecified atom stereocenters. The minimum absolute atomic E-state index is 0.0195. The summed E-state index contributed by atoms with van der Waals surface area (Å²) in [4.78, 5) is 45.6. The Bertz CT molecular complexity index is 762. The van der Waals surface area contributed by atoms with E-state index in [2.05, 4.69) is 15.6 Å². The first-order valence-electron chi connectivity index (χ1n) is 11.8. The number of nitrogens with one attached hydrogen (secondary N) is 2. The maximum absolute atomic E-state index is 13.6. The van der Waals surface area contributed by atoms with Crippen LogP contribution in [0, 0.1) is 11.3 Å². The minimum Gasteiger partial charge on any atom is -0.381 e. The molecule has 32 heavy (non-hydrogen) atoms. The second-order valence-electron chi connectivity index (χ2n) is 8.99. The van der Waals surface area contributed by atoms with Gasteiger partial charge in [0, 0.05) is 32.8 Å². The van der Waals surface area contributed by atoms with Crippen molar-refractivity contribution in [3.8, 4) is 0 Å². The highest BCUT2D eigenvalue weighted by Crippen LogP contribution is 2.38. The SMILES string of the molecule is CC[C@H](C)[C@@H]1NC(=O)C2(CCCCOCCCNC1=O)CCN(C(=O)c1cncs1)CC2. The van der Waals surface area contributed by atoms with Crippen molar-refractivity contribution in [3.05, 3.63) is 16.6 Å². The van der Waals surface area contributed by atoms with Crippen molar-refractivity contribution in [1.29, 1.82) is 0 Å². The Hall–Kier alpha value is -2.00. The third kappa shape index (κ3) is 6.07. The first kappa shape index (κ1) is 24.6. The predicted molar refractivity (Wildman–Crippen MR) is 123 cm³/mol. The molecule has 1 aromatic rings. The molecule has 2 aliphatic rings. The Morgan fingerprint density at radius 3 is 2.69 bits per heavy atom. The van der Waals surface area contributed by atoms with Gasteiger partial charge in [-0.2, -0.15) is 0 Å². The monoisotopic (exact) mass is 464 g/mol. The third-order valence-electron chi connectivity index (χ3n) is 6.87. The third-order valence-corrected chi connectivity index (χ3v) is 7.63. The molecular formula is C23H36N4O4S. The van der Waals surface area contributed by atoms with Gasteiger partial charge < -0.3 is 20.3 Å². The minimum atomic E-state index is -0.569. The zero-order valence-electron chi connectivity index (χ0n) is 19.2. The molecule has 0 radical (unpaired) electrons. The number of aromatic nitrogens is 1. The Labute approximate surface area is 194 Å². The molecule has 1 aromatic heterocycles. The normalized spacial score (nSPS) is 24.3. The van der Waals surface area contributed by atoms with Crippen LogP contribution in [0.25, 0.3) is 0 Å². The average molecular weight is 465 g/mol. The summed E-state index contributed by atoms with van der Waals surface area (Å²) in [6, 6.07) is -0.551. The van der Waals surface area contributed by atoms with Gasteiger partial charge in [0.05, 0.1) is 17.1 Å². The lowest BCUT2D eigenvalue weighted by atomic mass is 9.73. The Kier molecular flexibility index (Phi) is 9.04. The summed E-state index contributed by atoms with van der Waals surface area (Å²) in [6.07, 6.45) is 6.88. The van der Waals surface area contributed by atoms with Crippen molar-refractivity contribution in [1.82, 2.24) is 20.5 Å². The molecule has 2 aliphatic heterocycles. The first-order valence-corrected chi connectivity index (χ1v) is 12.7. The lowest BCUT2D eigenvalue weighted by molar-refractivity contribution is -0.139. The molecule has 8 nitrogen and oxygen atoms in total. The molecule has 0 aliphatic carbocycles. The number of hydrogen-bond acceptors (Lipinski definition) is 6. The van der Waals surface area contributed by atoms with Crippen LogP contribution in [0.4, 0.5) is 0 Å². The van der Waals surface area contributed by atoms with Gasteiger partial charge in [-0.25, -0.2) is 0 Å². The van der Waals surface area contributed by atoms with Gasteiger partial charge >= 0.3 is 0 Å². The van der Waals surface area contributed by atoms with Crippen molar-refractivity contribution in [3.63, 3.8) is 0 Å². The Morgan fingerprint density at radius 1 is 1.25 bits per heavy atom. The second-order valence-corrected chi connectivity index (χ2v) is 9.88. The maximum atomic E-state index is 13.6. The van der Waals surface area contributed by atoms with E-state index in [0.717, 1.165) is 32.1 Å². The summed E-state index contributed by atoms with van der Waals surface area (Å²) in [5.74, 6) is -0.166. The predicted octanol–water partition coefficient (Wildman–Crippen LogP) is 2.60. The fourth-order valence-corrected chi connectivity index (χ4v) is 5.05. The first-order chi connectivity index (χ1) is 15.5. The summed E-state index contributed by atoms with van der Waals surface area (Å²) in [7, 11) is 0. The standard InChI is InChI=1S/C23H36N4O4S/c1-3-17(2)19-20(28)25-10-6-14-31-13-5-4-7-23(22(30)26-19)8-11-27(12-9-23)21(29)18-15-24-16-32-18/h15-17,19H,3-14H2,1-2H3,(H,25,28)(H,26,30)/t17-,19-/m0/s1. The lowest BCUT2D eigenvalue weighted by Gasteiger charge is -2.41. The van der Waals surface area contributed by atoms with E-state index in [1.165, 1.54) is 11.3 Å². The van der Waals surface area contributed by atoms with Crippen LogP contribution in [-0.2, 0) is 14.3 Å². The van der Waals surface area contributed by atoms with E-state index in [4.69, 9.17) is 4.74 Å². The van der Waals surface area contributed by atoms with Crippen molar-refractivity contribution in [2.24, 2.45) is 11.3 Å². The number of hydrogen-bond donors (Lipinski definition) is 2. The highest BCUT2D eigenvalue weighted by Gasteiger charge is 2.43. The molecule has 0 aromatic carbocycles. The zero-order chi connectivity index (χ0) is 23.0. The summed E-state index contributed by atoms with van der Waals surface area (Å²) in [6.45, 7) is 6.92. The van der Waals surface area contributed by atoms with Crippen LogP contribution in [0.1, 0.15) is 68.5 Å². The molecule has 3 heterocycles. The van der Waals surface area contributed by atoms with Gasteiger partial charge in [0.25, 0.3) is 5.91 Å². The van der Waals surface area contributed by atoms with Gasteiger partial charge in [-0.05, 0) is 38.0 Å². The van der Waals surface area contributed by atoms with Gasteiger partial charge in [0.15, 0.2) is 0 Å². The molecule has 0 bridgehead atoms. The molecule has 3 amide bonds. The number of likely N-dealkylation sites (tertiary alicyclic amines) is 1. The van der Waals surface area contributed by atoms with E-state index >= 15 is 0 Å². The number of thiazole rings is 1. The van der Waals surface area contributed by atoms with Crippen molar-refractivity contribution in [2.45, 2.75) is 64.8 Å². The maximum Gasteiger partial charge on any atom is 0.265 e. The van der Waals surface area contributed by atoms with Crippen molar-refractivity contribution in [2.75, 3.05) is 32.8 Å². The van der Waals surface area contributed by atoms with Crippen LogP contribution < -0.4 is 10.6 Å². The highest BCUT2D eigenvalue weighted by molar-refractivity contribution is 7.11. The number of carbonyl (C=O) groups excluding carboxylic acids is 3. The van der Waals surface area contributed by atoms with Gasteiger partial charge in [-0.15, -0.1) is 11.3 Å². The van der Waals surface area contributed by atoms with Crippen LogP contribution in [0.5, 0.6) is 0 Å². The molecule has 178 valence electrons. The zero-order valence-corrected chi connectivity index (χ0v) is 20.0. The van der Waals surface area contributed by atoms with Crippen molar-refractivity contribution >= 4 is 29.1 Å². The Balaban J connectivity index is 1.74. The molecule has 3 rings (SSSR count). The number of amides is 3. The molecule has 0 saturated carbocycles. The van der Waals surface area contributed by atoms with Crippen molar-refractivity contribution < 1.29 is 19.1 Å². The van der Waals surface area contributed by atoms with Crippen LogP contribution in [0.3, 0.4) is 0 Å². The largest absolute Gasteiger partial charge is 0.381 e. The summed E-state index contributed by atoms with van der Waals surface area (Å²) in [5.41, 5.74) is 1.09. The molecule has 2 atom stereocenters. The number of piperidine rings is 1. The summed E-state index contributed by atoms with van der Waals surface area (Å²) < 4.78 is 5.69. The van der Waals surface area contributed by atoms with Crippen LogP contribution in [0.2, 0.25) is 0 Å². The highest BCUT2D eigenvalue weighted by atomic mass is 32.1. The van der Waals surface area contributed by atoms with Crippen LogP contribution in [-0.4, -0.2) is 66.5 Å². The van der Waals surface area contributed by atoms with Crippen LogP contribution in [0.15, 0.2) is 11.7 Å². The van der Waals surface area contributed by atoms with E-state index in [0.29, 0.717) is 50.6 Å². The van der Waals surface area contributed by atoms with E-state index in [1.807, 2.05) is 18.7 Å². The number of nitrogens with zero attached hydrogens (tertiary/aromatic N) is 2. The van der Waals surface area contributed by atoms with E-state index < -0.39 is 11.5 Å². The smallest absolute Gasteiger partial charge is 0.265 e. The molecule has 2 fully saturated rings. The molecule has 9 heteroatoms. The van der Waals surface area contributed by atoms with Crippen LogP contribution >= 0.6 is 11.3 Å². The molecule has 2 saturated heterocycles. The van der Waals surface area contributed by atoms with Gasteiger partial charge in [-0.1, -0.05) is 26.7 Å². The summed E-state index contributed by atoms with van der Waals surface area (Å²) >= 11 is 1.34. The number of rotatable bonds is 3. The fraction of sp³-hybridized carbons (Fsp3) is 0.739. The quantitative estimate of drug-likeness (QED) is 0.716. The molecule has 2 N–H and O–H groups in total. The van der Waals surface area contributed by atoms with E-state index in [-0.39, 0.29) is 23.6 Å². The lowest BCUT2D eigenvalue weighted by Crippen LogP contribution is -2.56. The van der Waals surface area contributed by atoms with Gasteiger partial charge in [0.1, 0.15) is 10.9 Å². The number of carbonyl (C=O) groups is 3. The fourth-order valence-electron chi connectivity index (χ4n) is 4.47. The number of ether oxygens (including phenoxy) is 1. The molecular weight excluding hydrogens is 428 g/mol. The van der Waals surface area contributed by atoms with Gasteiger partial charge in [0.2, 0.25) is 11.8 Å². The second kappa shape index (κ2) is 11.7. The Morgan fingerprint density at radius 2 is 2.00 bits per heavy atom. The van der Waals surface area contributed by atoms with E-state index in [1.54, 1.807) is 11.7 Å². The topological polar surface area (TPSA) is 101 Å².